The largest absolute Gasteiger partial charge is 0.373 e. The molecule has 35 heavy (non-hydrogen) atoms. The Labute approximate surface area is 208 Å². The maximum Gasteiger partial charge on any atom is 0.229 e. The number of anilines is 2. The fourth-order valence-electron chi connectivity index (χ4n) is 3.55. The van der Waals surface area contributed by atoms with Gasteiger partial charge in [-0.3, -0.25) is 4.79 Å². The standard InChI is InChI=1S/C26H28N6O2S/c33-23(17-19-9-3-1-4-10-19)27-22-16-15-21(29-30-22)13-7-8-14-25-31-32-26(35-25)28-24(34)18-20-11-5-2-6-12-20/h1-6,9-12,15-16,24,34H,7-8,13-14,17-18H2,(H,28,32)(H,27,30,33). The zero-order valence-corrected chi connectivity index (χ0v) is 20.1. The number of rotatable bonds is 12. The molecule has 0 aliphatic heterocycles. The van der Waals surface area contributed by atoms with Gasteiger partial charge in [-0.15, -0.1) is 15.3 Å². The van der Waals surface area contributed by atoms with Crippen molar-refractivity contribution in [2.24, 2.45) is 0 Å². The van der Waals surface area contributed by atoms with Crippen molar-refractivity contribution in [1.82, 2.24) is 20.4 Å². The number of carbonyl (C=O) groups excluding carboxylic acids is 1. The molecule has 8 nitrogen and oxygen atoms in total. The third-order valence-electron chi connectivity index (χ3n) is 5.30. The Hall–Kier alpha value is -3.69. The molecule has 2 heterocycles. The van der Waals surface area contributed by atoms with Crippen LogP contribution in [-0.2, 0) is 30.5 Å². The molecule has 2 aromatic heterocycles. The van der Waals surface area contributed by atoms with Crippen LogP contribution in [0.4, 0.5) is 10.9 Å². The number of nitrogens with one attached hydrogen (secondary N) is 2. The van der Waals surface area contributed by atoms with Gasteiger partial charge in [0.25, 0.3) is 0 Å². The summed E-state index contributed by atoms with van der Waals surface area (Å²) in [4.78, 5) is 12.1. The molecular weight excluding hydrogens is 460 g/mol. The molecule has 0 saturated carbocycles. The number of hydrogen-bond acceptors (Lipinski definition) is 8. The number of unbranched alkanes of at least 4 members (excludes halogenated alkanes) is 1. The fourth-order valence-corrected chi connectivity index (χ4v) is 4.38. The smallest absolute Gasteiger partial charge is 0.229 e. The van der Waals surface area contributed by atoms with Gasteiger partial charge < -0.3 is 15.7 Å². The first-order chi connectivity index (χ1) is 17.1. The number of carbonyl (C=O) groups is 1. The lowest BCUT2D eigenvalue weighted by Crippen LogP contribution is -2.21. The Morgan fingerprint density at radius 3 is 2.26 bits per heavy atom. The van der Waals surface area contributed by atoms with Crippen LogP contribution in [0.3, 0.4) is 0 Å². The lowest BCUT2D eigenvalue weighted by atomic mass is 10.1. The van der Waals surface area contributed by atoms with Gasteiger partial charge in [0.1, 0.15) is 11.2 Å². The Balaban J connectivity index is 1.14. The molecule has 0 radical (unpaired) electrons. The molecule has 4 aromatic rings. The van der Waals surface area contributed by atoms with Crippen LogP contribution in [0.2, 0.25) is 0 Å². The van der Waals surface area contributed by atoms with E-state index in [-0.39, 0.29) is 5.91 Å². The van der Waals surface area contributed by atoms with Gasteiger partial charge in [-0.05, 0) is 42.5 Å². The molecule has 9 heteroatoms. The van der Waals surface area contributed by atoms with Crippen LogP contribution in [0.5, 0.6) is 0 Å². The van der Waals surface area contributed by atoms with E-state index >= 15 is 0 Å². The van der Waals surface area contributed by atoms with Gasteiger partial charge in [-0.1, -0.05) is 72.0 Å². The number of aryl methyl sites for hydroxylation is 2. The van der Waals surface area contributed by atoms with E-state index in [1.165, 1.54) is 11.3 Å². The predicted octanol–water partition coefficient (Wildman–Crippen LogP) is 4.05. The number of aliphatic hydroxyl groups is 1. The first kappa shape index (κ1) is 24.4. The highest BCUT2D eigenvalue weighted by Crippen LogP contribution is 2.19. The van der Waals surface area contributed by atoms with E-state index in [0.717, 1.165) is 47.5 Å². The maximum atomic E-state index is 12.1. The third kappa shape index (κ3) is 8.24. The highest BCUT2D eigenvalue weighted by molar-refractivity contribution is 7.15. The Bertz CT molecular complexity index is 1190. The van der Waals surface area contributed by atoms with Gasteiger partial charge in [0.05, 0.1) is 12.1 Å². The lowest BCUT2D eigenvalue weighted by molar-refractivity contribution is -0.115. The van der Waals surface area contributed by atoms with Crippen LogP contribution in [0.1, 0.15) is 34.7 Å². The number of aromatic nitrogens is 4. The Morgan fingerprint density at radius 2 is 1.54 bits per heavy atom. The Kier molecular flexibility index (Phi) is 8.85. The molecular formula is C26H28N6O2S. The van der Waals surface area contributed by atoms with Crippen molar-refractivity contribution in [3.05, 3.63) is 94.6 Å². The van der Waals surface area contributed by atoms with Crippen molar-refractivity contribution < 1.29 is 9.90 Å². The summed E-state index contributed by atoms with van der Waals surface area (Å²) < 4.78 is 0. The van der Waals surface area contributed by atoms with Gasteiger partial charge in [-0.25, -0.2) is 0 Å². The highest BCUT2D eigenvalue weighted by atomic mass is 32.1. The highest BCUT2D eigenvalue weighted by Gasteiger charge is 2.10. The van der Waals surface area contributed by atoms with Crippen LogP contribution in [0, 0.1) is 0 Å². The van der Waals surface area contributed by atoms with E-state index in [4.69, 9.17) is 0 Å². The summed E-state index contributed by atoms with van der Waals surface area (Å²) in [7, 11) is 0. The van der Waals surface area contributed by atoms with Crippen LogP contribution >= 0.6 is 11.3 Å². The van der Waals surface area contributed by atoms with E-state index in [9.17, 15) is 9.90 Å². The van der Waals surface area contributed by atoms with Crippen molar-refractivity contribution in [2.45, 2.75) is 44.8 Å². The molecule has 1 atom stereocenters. The molecule has 0 saturated heterocycles. The second-order valence-corrected chi connectivity index (χ2v) is 9.24. The quantitative estimate of drug-likeness (QED) is 0.204. The summed E-state index contributed by atoms with van der Waals surface area (Å²) in [5, 5.41) is 34.3. The molecule has 0 fully saturated rings. The van der Waals surface area contributed by atoms with Crippen LogP contribution < -0.4 is 10.6 Å². The first-order valence-electron chi connectivity index (χ1n) is 11.6. The summed E-state index contributed by atoms with van der Waals surface area (Å²) in [5.41, 5.74) is 2.90. The van der Waals surface area contributed by atoms with E-state index < -0.39 is 6.23 Å². The molecule has 0 spiro atoms. The number of hydrogen-bond donors (Lipinski definition) is 3. The van der Waals surface area contributed by atoms with Crippen molar-refractivity contribution in [1.29, 1.82) is 0 Å². The molecule has 0 bridgehead atoms. The summed E-state index contributed by atoms with van der Waals surface area (Å²) in [5.74, 6) is 0.342. The second-order valence-electron chi connectivity index (χ2n) is 8.18. The number of nitrogens with zero attached hydrogens (tertiary/aromatic N) is 4. The first-order valence-corrected chi connectivity index (χ1v) is 12.4. The SMILES string of the molecule is O=C(Cc1ccccc1)Nc1ccc(CCCCc2nnc(NC(O)Cc3ccccc3)s2)nn1. The lowest BCUT2D eigenvalue weighted by Gasteiger charge is -2.11. The maximum absolute atomic E-state index is 12.1. The van der Waals surface area contributed by atoms with E-state index in [1.54, 1.807) is 6.07 Å². The van der Waals surface area contributed by atoms with Crippen LogP contribution in [0.25, 0.3) is 0 Å². The van der Waals surface area contributed by atoms with Crippen molar-refractivity contribution in [2.75, 3.05) is 10.6 Å². The molecule has 0 aliphatic carbocycles. The molecule has 1 unspecified atom stereocenters. The summed E-state index contributed by atoms with van der Waals surface area (Å²) >= 11 is 1.46. The number of benzene rings is 2. The summed E-state index contributed by atoms with van der Waals surface area (Å²) in [6.07, 6.45) is 3.60. The zero-order chi connectivity index (χ0) is 24.3. The Morgan fingerprint density at radius 1 is 0.829 bits per heavy atom. The average molecular weight is 489 g/mol. The minimum absolute atomic E-state index is 0.114. The van der Waals surface area contributed by atoms with Gasteiger partial charge in [0, 0.05) is 12.8 Å². The normalized spacial score (nSPS) is 11.7. The average Bonchev–Trinajstić information content (AvgIpc) is 3.31. The molecule has 4 rings (SSSR count). The number of amides is 1. The van der Waals surface area contributed by atoms with Gasteiger partial charge in [0.2, 0.25) is 11.0 Å². The zero-order valence-electron chi connectivity index (χ0n) is 19.3. The third-order valence-corrected chi connectivity index (χ3v) is 6.21. The van der Waals surface area contributed by atoms with Crippen LogP contribution in [-0.4, -0.2) is 37.6 Å². The molecule has 3 N–H and O–H groups in total. The molecule has 0 aliphatic rings. The monoisotopic (exact) mass is 488 g/mol. The van der Waals surface area contributed by atoms with Crippen LogP contribution in [0.15, 0.2) is 72.8 Å². The van der Waals surface area contributed by atoms with Gasteiger partial charge in [0.15, 0.2) is 5.82 Å². The van der Waals surface area contributed by atoms with Gasteiger partial charge >= 0.3 is 0 Å². The van der Waals surface area contributed by atoms with Gasteiger partial charge in [-0.2, -0.15) is 5.10 Å². The van der Waals surface area contributed by atoms with E-state index in [1.807, 2.05) is 66.7 Å². The predicted molar refractivity (Wildman–Crippen MR) is 137 cm³/mol. The van der Waals surface area contributed by atoms with E-state index in [2.05, 4.69) is 31.0 Å². The van der Waals surface area contributed by atoms with Crippen molar-refractivity contribution in [3.8, 4) is 0 Å². The van der Waals surface area contributed by atoms with Crippen molar-refractivity contribution >= 4 is 28.2 Å². The fraction of sp³-hybridized carbons (Fsp3) is 0.269. The summed E-state index contributed by atoms with van der Waals surface area (Å²) in [6, 6.07) is 23.1. The minimum Gasteiger partial charge on any atom is -0.373 e. The molecule has 2 aromatic carbocycles. The second kappa shape index (κ2) is 12.7. The van der Waals surface area contributed by atoms with E-state index in [0.29, 0.717) is 23.8 Å². The summed E-state index contributed by atoms with van der Waals surface area (Å²) in [6.45, 7) is 0. The number of aliphatic hydroxyl groups excluding tert-OH is 1. The molecule has 180 valence electrons. The molecule has 1 amide bonds. The van der Waals surface area contributed by atoms with Crippen molar-refractivity contribution in [3.63, 3.8) is 0 Å². The minimum atomic E-state index is -0.706. The topological polar surface area (TPSA) is 113 Å².